The highest BCUT2D eigenvalue weighted by Crippen LogP contribution is 2.37. The summed E-state index contributed by atoms with van der Waals surface area (Å²) in [6.45, 7) is 13.9. The second-order valence-corrected chi connectivity index (χ2v) is 9.93. The summed E-state index contributed by atoms with van der Waals surface area (Å²) >= 11 is 0. The number of hydrogen-bond acceptors (Lipinski definition) is 8. The molecule has 1 aliphatic rings. The van der Waals surface area contributed by atoms with Crippen molar-refractivity contribution in [2.24, 2.45) is 10.3 Å². The Morgan fingerprint density at radius 3 is 1.41 bits per heavy atom. The molecule has 0 heterocycles. The second-order valence-electron chi connectivity index (χ2n) is 9.93. The number of carbonyl (C=O) groups excluding carboxylic acids is 2. The van der Waals surface area contributed by atoms with Gasteiger partial charge < -0.3 is 20.2 Å². The first-order valence-electron chi connectivity index (χ1n) is 14.1. The molecule has 0 atom stereocenters. The Kier molecular flexibility index (Phi) is 11.4. The van der Waals surface area contributed by atoms with E-state index >= 15 is 0 Å². The lowest BCUT2D eigenvalue weighted by atomic mass is 9.97. The Morgan fingerprint density at radius 2 is 1.08 bits per heavy atom. The number of ketones is 2. The molecule has 0 spiro atoms. The molecule has 8 heteroatoms. The van der Waals surface area contributed by atoms with Crippen LogP contribution in [-0.4, -0.2) is 82.5 Å². The van der Waals surface area contributed by atoms with Gasteiger partial charge in [0.2, 0.25) is 11.6 Å². The van der Waals surface area contributed by atoms with Gasteiger partial charge in [0, 0.05) is 11.1 Å². The molecule has 210 valence electrons. The molecule has 2 aromatic carbocycles. The fraction of sp³-hybridized carbons (Fsp3) is 0.484. The Bertz CT molecular complexity index is 1120. The molecule has 0 amide bonds. The van der Waals surface area contributed by atoms with Crippen molar-refractivity contribution in [3.8, 4) is 11.1 Å². The minimum Gasteiger partial charge on any atom is -0.411 e. The van der Waals surface area contributed by atoms with Crippen LogP contribution in [0.4, 0.5) is 0 Å². The van der Waals surface area contributed by atoms with E-state index in [0.29, 0.717) is 30.4 Å². The largest absolute Gasteiger partial charge is 0.411 e. The molecular formula is C31H42N4O4. The van der Waals surface area contributed by atoms with Crippen LogP contribution in [0.3, 0.4) is 0 Å². The Labute approximate surface area is 232 Å². The Morgan fingerprint density at radius 1 is 0.692 bits per heavy atom. The Balaban J connectivity index is 1.69. The minimum atomic E-state index is -0.264. The van der Waals surface area contributed by atoms with E-state index in [1.165, 1.54) is 0 Å². The first-order valence-corrected chi connectivity index (χ1v) is 14.1. The number of Topliss-reactive ketones (excluding diaryl/α,β-unsaturated/α-hetero) is 2. The molecule has 2 aromatic rings. The van der Waals surface area contributed by atoms with Gasteiger partial charge in [-0.15, -0.1) is 0 Å². The number of carbonyl (C=O) groups is 2. The predicted octanol–water partition coefficient (Wildman–Crippen LogP) is 5.53. The van der Waals surface area contributed by atoms with E-state index < -0.39 is 0 Å². The molecular weight excluding hydrogens is 492 g/mol. The standard InChI is InChI=1S/C31H42N4O4/c1-5-34(6-2)17-9-11-28(32-38)30(36)22-13-15-26-24(19-22)21-25-20-23(14-16-27(25)26)31(37)29(33-39)12-10-18-35(7-3)8-4/h13-16,19-20,38-39H,5-12,17-18,21H2,1-4H3/b32-28-,33-29-. The quantitative estimate of drug-likeness (QED) is 0.108. The van der Waals surface area contributed by atoms with Gasteiger partial charge in [-0.2, -0.15) is 0 Å². The summed E-state index contributed by atoms with van der Waals surface area (Å²) in [5, 5.41) is 25.7. The third-order valence-electron chi connectivity index (χ3n) is 7.74. The summed E-state index contributed by atoms with van der Waals surface area (Å²) in [4.78, 5) is 30.7. The van der Waals surface area contributed by atoms with Crippen LogP contribution in [0.1, 0.15) is 85.2 Å². The van der Waals surface area contributed by atoms with Gasteiger partial charge in [-0.3, -0.25) is 9.59 Å². The summed E-state index contributed by atoms with van der Waals surface area (Å²) in [5.41, 5.74) is 5.38. The number of hydrogen-bond donors (Lipinski definition) is 2. The smallest absolute Gasteiger partial charge is 0.210 e. The van der Waals surface area contributed by atoms with Crippen LogP contribution in [0, 0.1) is 0 Å². The molecule has 0 radical (unpaired) electrons. The van der Waals surface area contributed by atoms with Crippen molar-refractivity contribution >= 4 is 23.0 Å². The second kappa shape index (κ2) is 14.7. The molecule has 8 nitrogen and oxygen atoms in total. The third kappa shape index (κ3) is 7.40. The number of benzene rings is 2. The SMILES string of the molecule is CCN(CC)CCC/C(=N/O)C(=O)c1ccc2c(c1)Cc1cc(C(=O)/C(CCCN(CC)CC)=N\O)ccc1-2. The molecule has 2 N–H and O–H groups in total. The zero-order valence-corrected chi connectivity index (χ0v) is 23.7. The van der Waals surface area contributed by atoms with Crippen LogP contribution in [-0.2, 0) is 6.42 Å². The minimum absolute atomic E-state index is 0.169. The van der Waals surface area contributed by atoms with Crippen molar-refractivity contribution in [1.29, 1.82) is 0 Å². The monoisotopic (exact) mass is 534 g/mol. The summed E-state index contributed by atoms with van der Waals surface area (Å²) in [6, 6.07) is 11.1. The van der Waals surface area contributed by atoms with Gasteiger partial charge in [-0.25, -0.2) is 0 Å². The van der Waals surface area contributed by atoms with E-state index in [1.807, 2.05) is 24.3 Å². The normalized spacial score (nSPS) is 13.2. The van der Waals surface area contributed by atoms with Gasteiger partial charge in [0.25, 0.3) is 0 Å². The van der Waals surface area contributed by atoms with Gasteiger partial charge in [0.1, 0.15) is 11.4 Å². The topological polar surface area (TPSA) is 106 Å². The average molecular weight is 535 g/mol. The van der Waals surface area contributed by atoms with Crippen molar-refractivity contribution in [2.75, 3.05) is 39.3 Å². The van der Waals surface area contributed by atoms with Crippen LogP contribution in [0.2, 0.25) is 0 Å². The highest BCUT2D eigenvalue weighted by atomic mass is 16.4. The van der Waals surface area contributed by atoms with E-state index in [1.54, 1.807) is 12.1 Å². The summed E-state index contributed by atoms with van der Waals surface area (Å²) in [6.07, 6.45) is 2.91. The van der Waals surface area contributed by atoms with Crippen LogP contribution < -0.4 is 0 Å². The van der Waals surface area contributed by atoms with Gasteiger partial charge in [0.15, 0.2) is 0 Å². The van der Waals surface area contributed by atoms with Gasteiger partial charge in [-0.1, -0.05) is 62.3 Å². The molecule has 1 aliphatic carbocycles. The van der Waals surface area contributed by atoms with E-state index in [4.69, 9.17) is 0 Å². The third-order valence-corrected chi connectivity index (χ3v) is 7.74. The first kappa shape index (κ1) is 30.2. The number of oxime groups is 2. The maximum atomic E-state index is 13.1. The molecule has 0 saturated heterocycles. The molecule has 0 aliphatic heterocycles. The molecule has 0 saturated carbocycles. The highest BCUT2D eigenvalue weighted by Gasteiger charge is 2.24. The van der Waals surface area contributed by atoms with Crippen molar-refractivity contribution in [1.82, 2.24) is 9.80 Å². The van der Waals surface area contributed by atoms with E-state index in [-0.39, 0.29) is 23.0 Å². The van der Waals surface area contributed by atoms with E-state index in [2.05, 4.69) is 47.8 Å². The van der Waals surface area contributed by atoms with Gasteiger partial charge >= 0.3 is 0 Å². The summed E-state index contributed by atoms with van der Waals surface area (Å²) in [7, 11) is 0. The number of nitrogens with zero attached hydrogens (tertiary/aromatic N) is 4. The summed E-state index contributed by atoms with van der Waals surface area (Å²) < 4.78 is 0. The average Bonchev–Trinajstić information content (AvgIpc) is 3.34. The predicted molar refractivity (Wildman–Crippen MR) is 156 cm³/mol. The lowest BCUT2D eigenvalue weighted by Crippen LogP contribution is -2.25. The molecule has 0 fully saturated rings. The number of fused-ring (bicyclic) bond motifs is 3. The Hall–Kier alpha value is -3.36. The first-order chi connectivity index (χ1) is 18.9. The zero-order valence-electron chi connectivity index (χ0n) is 23.7. The fourth-order valence-electron chi connectivity index (χ4n) is 5.26. The van der Waals surface area contributed by atoms with Gasteiger partial charge in [-0.05, 0) is 106 Å². The van der Waals surface area contributed by atoms with Crippen LogP contribution in [0.25, 0.3) is 11.1 Å². The summed E-state index contributed by atoms with van der Waals surface area (Å²) in [5.74, 6) is -0.527. The lowest BCUT2D eigenvalue weighted by molar-refractivity contribution is 0.105. The van der Waals surface area contributed by atoms with Crippen molar-refractivity contribution in [3.05, 3.63) is 58.7 Å². The van der Waals surface area contributed by atoms with Gasteiger partial charge in [0.05, 0.1) is 0 Å². The molecule has 0 aromatic heterocycles. The van der Waals surface area contributed by atoms with Crippen LogP contribution >= 0.6 is 0 Å². The van der Waals surface area contributed by atoms with Crippen molar-refractivity contribution < 1.29 is 20.0 Å². The number of rotatable bonds is 16. The maximum Gasteiger partial charge on any atom is 0.210 e. The van der Waals surface area contributed by atoms with Crippen LogP contribution in [0.15, 0.2) is 46.7 Å². The van der Waals surface area contributed by atoms with Crippen molar-refractivity contribution in [2.45, 2.75) is 59.8 Å². The van der Waals surface area contributed by atoms with E-state index in [9.17, 15) is 20.0 Å². The van der Waals surface area contributed by atoms with Crippen LogP contribution in [0.5, 0.6) is 0 Å². The highest BCUT2D eigenvalue weighted by molar-refractivity contribution is 6.46. The molecule has 39 heavy (non-hydrogen) atoms. The molecule has 0 unspecified atom stereocenters. The fourth-order valence-corrected chi connectivity index (χ4v) is 5.26. The molecule has 3 rings (SSSR count). The molecule has 0 bridgehead atoms. The van der Waals surface area contributed by atoms with E-state index in [0.717, 1.165) is 74.4 Å². The van der Waals surface area contributed by atoms with Crippen molar-refractivity contribution in [3.63, 3.8) is 0 Å². The maximum absolute atomic E-state index is 13.1. The zero-order chi connectivity index (χ0) is 28.4. The lowest BCUT2D eigenvalue weighted by Gasteiger charge is -2.17.